The van der Waals surface area contributed by atoms with Crippen LogP contribution >= 0.6 is 11.6 Å². The number of piperidine rings is 1. The van der Waals surface area contributed by atoms with Crippen LogP contribution in [0.1, 0.15) is 61.4 Å². The highest BCUT2D eigenvalue weighted by molar-refractivity contribution is 6.30. The maximum absolute atomic E-state index is 12.9. The third-order valence-corrected chi connectivity index (χ3v) is 7.10. The lowest BCUT2D eigenvalue weighted by molar-refractivity contribution is -0.143. The Bertz CT molecular complexity index is 1040. The van der Waals surface area contributed by atoms with Crippen molar-refractivity contribution in [2.75, 3.05) is 13.1 Å². The van der Waals surface area contributed by atoms with Crippen LogP contribution in [0.2, 0.25) is 5.02 Å². The predicted octanol–water partition coefficient (Wildman–Crippen LogP) is 6.01. The summed E-state index contributed by atoms with van der Waals surface area (Å²) in [6.07, 6.45) is -0.305. The van der Waals surface area contributed by atoms with Crippen LogP contribution in [0.25, 0.3) is 0 Å². The van der Waals surface area contributed by atoms with Gasteiger partial charge in [-0.05, 0) is 68.5 Å². The second kappa shape index (κ2) is 11.1. The fraction of sp³-hybridized carbons (Fsp3) is 0.500. The average molecular weight is 509 g/mol. The van der Waals surface area contributed by atoms with Crippen molar-refractivity contribution < 1.29 is 27.5 Å². The molecular weight excluding hydrogens is 481 g/mol. The minimum absolute atomic E-state index is 0.0492. The molecule has 1 aromatic heterocycles. The number of nitrogens with zero attached hydrogens (tertiary/aromatic N) is 2. The zero-order chi connectivity index (χ0) is 25.0. The van der Waals surface area contributed by atoms with Crippen molar-refractivity contribution in [3.8, 4) is 0 Å². The molecule has 3 heterocycles. The van der Waals surface area contributed by atoms with Crippen LogP contribution < -0.4 is 0 Å². The molecule has 0 spiro atoms. The Hall–Kier alpha value is -2.45. The average Bonchev–Trinajstić information content (AvgIpc) is 3.21. The number of Topliss-reactive ketones (excluding diaryl/α,β-unsaturated/α-hetero) is 1. The number of hydrogen-bond donors (Lipinski definition) is 0. The molecule has 188 valence electrons. The second-order valence-corrected chi connectivity index (χ2v) is 9.84. The Morgan fingerprint density at radius 1 is 1.17 bits per heavy atom. The molecule has 0 radical (unpaired) electrons. The van der Waals surface area contributed by atoms with Crippen molar-refractivity contribution in [2.45, 2.75) is 57.3 Å². The predicted molar refractivity (Wildman–Crippen MR) is 124 cm³/mol. The summed E-state index contributed by atoms with van der Waals surface area (Å²) in [4.78, 5) is 30.6. The number of halogens is 4. The summed E-state index contributed by atoms with van der Waals surface area (Å²) in [5.74, 6) is -0.727. The largest absolute Gasteiger partial charge is 0.457 e. The number of benzene rings is 1. The molecular formula is C26H28ClF3N2O3. The van der Waals surface area contributed by atoms with Gasteiger partial charge in [0.15, 0.2) is 0 Å². The summed E-state index contributed by atoms with van der Waals surface area (Å²) in [6, 6.07) is 9.98. The third kappa shape index (κ3) is 6.82. The second-order valence-electron chi connectivity index (χ2n) is 9.40. The van der Waals surface area contributed by atoms with Crippen LogP contribution in [0.5, 0.6) is 0 Å². The molecule has 5 nitrogen and oxygen atoms in total. The molecule has 4 rings (SSSR count). The van der Waals surface area contributed by atoms with Crippen LogP contribution in [0, 0.1) is 11.8 Å². The molecule has 0 amide bonds. The van der Waals surface area contributed by atoms with Crippen molar-refractivity contribution in [1.82, 2.24) is 9.88 Å². The van der Waals surface area contributed by atoms with E-state index in [9.17, 15) is 22.8 Å². The van der Waals surface area contributed by atoms with E-state index in [1.807, 2.05) is 18.2 Å². The molecule has 2 saturated heterocycles. The van der Waals surface area contributed by atoms with Crippen LogP contribution in [0.4, 0.5) is 13.2 Å². The monoisotopic (exact) mass is 508 g/mol. The number of ether oxygens (including phenoxy) is 1. The van der Waals surface area contributed by atoms with Gasteiger partial charge in [0, 0.05) is 29.7 Å². The Balaban J connectivity index is 1.23. The smallest absolute Gasteiger partial charge is 0.433 e. The lowest BCUT2D eigenvalue weighted by atomic mass is 9.87. The Kier molecular flexibility index (Phi) is 8.12. The molecule has 0 N–H and O–H groups in total. The fourth-order valence-electron chi connectivity index (χ4n) is 4.96. The maximum atomic E-state index is 12.9. The standard InChI is InChI=1S/C26H28ClF3N2O3/c27-20-5-1-4-18(13-20)16-32-11-9-17(10-12-32)3-2-6-22(33)21-14-24(34)35-25(21)19-7-8-23(31-15-19)26(28,29)30/h1,4-5,7-8,13,15,17,21,25H,2-3,6,9-12,14,16H2/t21-,25-/m1/s1. The van der Waals surface area contributed by atoms with Crippen LogP contribution in [-0.2, 0) is 27.0 Å². The van der Waals surface area contributed by atoms with E-state index in [0.717, 1.165) is 62.6 Å². The van der Waals surface area contributed by atoms with E-state index in [0.29, 0.717) is 17.9 Å². The van der Waals surface area contributed by atoms with Crippen LogP contribution in [0.3, 0.4) is 0 Å². The minimum Gasteiger partial charge on any atom is -0.457 e. The highest BCUT2D eigenvalue weighted by Crippen LogP contribution is 2.38. The topological polar surface area (TPSA) is 59.5 Å². The van der Waals surface area contributed by atoms with Gasteiger partial charge in [0.1, 0.15) is 17.6 Å². The molecule has 2 fully saturated rings. The van der Waals surface area contributed by atoms with Gasteiger partial charge in [0.25, 0.3) is 0 Å². The Morgan fingerprint density at radius 3 is 2.60 bits per heavy atom. The highest BCUT2D eigenvalue weighted by Gasteiger charge is 2.41. The number of rotatable bonds is 8. The number of carbonyl (C=O) groups is 2. The number of ketones is 1. The summed E-state index contributed by atoms with van der Waals surface area (Å²) < 4.78 is 43.6. The molecule has 0 bridgehead atoms. The molecule has 2 atom stereocenters. The number of pyridine rings is 1. The zero-order valence-electron chi connectivity index (χ0n) is 19.3. The Morgan fingerprint density at radius 2 is 1.94 bits per heavy atom. The van der Waals surface area contributed by atoms with E-state index in [1.165, 1.54) is 11.6 Å². The SMILES string of the molecule is O=C1C[C@H](C(=O)CCCC2CCN(Cc3cccc(Cl)c3)CC2)[C@@H](c2ccc(C(F)(F)F)nc2)O1. The van der Waals surface area contributed by atoms with Gasteiger partial charge >= 0.3 is 12.1 Å². The molecule has 0 unspecified atom stereocenters. The van der Waals surface area contributed by atoms with Crippen molar-refractivity contribution in [3.05, 3.63) is 64.4 Å². The Labute approximate surface area is 207 Å². The normalized spacial score (nSPS) is 21.8. The maximum Gasteiger partial charge on any atom is 0.433 e. The van der Waals surface area contributed by atoms with Gasteiger partial charge in [0.2, 0.25) is 0 Å². The molecule has 0 saturated carbocycles. The van der Waals surface area contributed by atoms with Gasteiger partial charge in [-0.3, -0.25) is 19.5 Å². The first-order chi connectivity index (χ1) is 16.7. The molecule has 0 aliphatic carbocycles. The number of likely N-dealkylation sites (tertiary alicyclic amines) is 1. The van der Waals surface area contributed by atoms with E-state index in [2.05, 4.69) is 16.0 Å². The molecule has 2 aromatic rings. The molecule has 1 aromatic carbocycles. The first-order valence-corrected chi connectivity index (χ1v) is 12.3. The van der Waals surface area contributed by atoms with Gasteiger partial charge in [-0.25, -0.2) is 0 Å². The first kappa shape index (κ1) is 25.6. The summed E-state index contributed by atoms with van der Waals surface area (Å²) in [5, 5.41) is 0.744. The van der Waals surface area contributed by atoms with Crippen molar-refractivity contribution >= 4 is 23.4 Å². The lowest BCUT2D eigenvalue weighted by Gasteiger charge is -2.32. The first-order valence-electron chi connectivity index (χ1n) is 11.9. The number of aromatic nitrogens is 1. The minimum atomic E-state index is -4.55. The van der Waals surface area contributed by atoms with Crippen molar-refractivity contribution in [2.24, 2.45) is 11.8 Å². The summed E-state index contributed by atoms with van der Waals surface area (Å²) in [7, 11) is 0. The lowest BCUT2D eigenvalue weighted by Crippen LogP contribution is -2.33. The highest BCUT2D eigenvalue weighted by atomic mass is 35.5. The number of alkyl halides is 3. The summed E-state index contributed by atoms with van der Waals surface area (Å²) >= 11 is 6.07. The number of hydrogen-bond acceptors (Lipinski definition) is 5. The van der Waals surface area contributed by atoms with Gasteiger partial charge in [0.05, 0.1) is 12.3 Å². The number of cyclic esters (lactones) is 1. The van der Waals surface area contributed by atoms with Gasteiger partial charge < -0.3 is 4.74 Å². The zero-order valence-corrected chi connectivity index (χ0v) is 20.0. The van der Waals surface area contributed by atoms with Crippen molar-refractivity contribution in [3.63, 3.8) is 0 Å². The number of carbonyl (C=O) groups excluding carboxylic acids is 2. The van der Waals surface area contributed by atoms with E-state index in [1.54, 1.807) is 0 Å². The summed E-state index contributed by atoms with van der Waals surface area (Å²) in [6.45, 7) is 2.87. The molecule has 35 heavy (non-hydrogen) atoms. The van der Waals surface area contributed by atoms with Crippen LogP contribution in [-0.4, -0.2) is 34.7 Å². The van der Waals surface area contributed by atoms with Gasteiger partial charge in [-0.1, -0.05) is 29.8 Å². The third-order valence-electron chi connectivity index (χ3n) is 6.87. The fourth-order valence-corrected chi connectivity index (χ4v) is 5.17. The molecule has 2 aliphatic rings. The summed E-state index contributed by atoms with van der Waals surface area (Å²) in [5.41, 5.74) is 0.494. The van der Waals surface area contributed by atoms with Gasteiger partial charge in [-0.2, -0.15) is 13.2 Å². The quantitative estimate of drug-likeness (QED) is 0.409. The van der Waals surface area contributed by atoms with Crippen molar-refractivity contribution in [1.29, 1.82) is 0 Å². The van der Waals surface area contributed by atoms with Gasteiger partial charge in [-0.15, -0.1) is 0 Å². The molecule has 9 heteroatoms. The van der Waals surface area contributed by atoms with E-state index < -0.39 is 29.9 Å². The number of esters is 1. The van der Waals surface area contributed by atoms with Crippen LogP contribution in [0.15, 0.2) is 42.6 Å². The molecule has 2 aliphatic heterocycles. The van der Waals surface area contributed by atoms with E-state index in [-0.39, 0.29) is 12.2 Å². The van der Waals surface area contributed by atoms with E-state index in [4.69, 9.17) is 16.3 Å². The van der Waals surface area contributed by atoms with E-state index >= 15 is 0 Å².